The fraction of sp³-hybridized carbons (Fsp3) is 0.444. The van der Waals surface area contributed by atoms with Gasteiger partial charge in [-0.05, 0) is 37.5 Å². The first kappa shape index (κ1) is 20.1. The lowest BCUT2D eigenvalue weighted by molar-refractivity contribution is -0.174. The van der Waals surface area contributed by atoms with Gasteiger partial charge in [0.05, 0.1) is 0 Å². The maximum atomic E-state index is 14.1. The van der Waals surface area contributed by atoms with Gasteiger partial charge in [0, 0.05) is 6.42 Å². The Bertz CT molecular complexity index is 1020. The van der Waals surface area contributed by atoms with Crippen molar-refractivity contribution in [2.75, 3.05) is 11.9 Å². The predicted octanol–water partition coefficient (Wildman–Crippen LogP) is 2.29. The molecule has 1 aromatic carbocycles. The summed E-state index contributed by atoms with van der Waals surface area (Å²) in [4.78, 5) is 28.8. The second-order valence-electron chi connectivity index (χ2n) is 7.19. The van der Waals surface area contributed by atoms with Crippen LogP contribution in [0.15, 0.2) is 12.1 Å². The third-order valence-corrected chi connectivity index (χ3v) is 4.93. The van der Waals surface area contributed by atoms with Crippen molar-refractivity contribution in [1.82, 2.24) is 20.1 Å². The minimum atomic E-state index is -4.51. The Labute approximate surface area is 167 Å². The number of aromatic nitrogens is 3. The summed E-state index contributed by atoms with van der Waals surface area (Å²) >= 11 is 0. The van der Waals surface area contributed by atoms with Crippen molar-refractivity contribution in [3.8, 4) is 5.75 Å². The summed E-state index contributed by atoms with van der Waals surface area (Å²) in [5.41, 5.74) is 0.431. The van der Waals surface area contributed by atoms with Crippen LogP contribution in [0.5, 0.6) is 5.75 Å². The molecule has 12 heteroatoms. The zero-order chi connectivity index (χ0) is 21.6. The van der Waals surface area contributed by atoms with Gasteiger partial charge in [-0.2, -0.15) is 13.2 Å². The van der Waals surface area contributed by atoms with Crippen LogP contribution in [-0.4, -0.2) is 45.4 Å². The molecule has 0 bridgehead atoms. The molecule has 0 saturated carbocycles. The highest BCUT2D eigenvalue weighted by Gasteiger charge is 2.44. The number of ether oxygens (including phenoxy) is 1. The summed E-state index contributed by atoms with van der Waals surface area (Å²) in [6, 6.07) is -0.313. The van der Waals surface area contributed by atoms with E-state index in [4.69, 9.17) is 4.74 Å². The summed E-state index contributed by atoms with van der Waals surface area (Å²) in [5, 5.41) is 8.41. The molecule has 2 aliphatic rings. The van der Waals surface area contributed by atoms with E-state index in [0.717, 1.165) is 4.68 Å². The minimum absolute atomic E-state index is 0.0558. The van der Waals surface area contributed by atoms with Crippen LogP contribution >= 0.6 is 0 Å². The van der Waals surface area contributed by atoms with E-state index < -0.39 is 41.7 Å². The molecule has 30 heavy (non-hydrogen) atoms. The summed E-state index contributed by atoms with van der Waals surface area (Å²) in [5.74, 6) is -2.66. The molecule has 3 heterocycles. The molecule has 1 aromatic heterocycles. The van der Waals surface area contributed by atoms with Gasteiger partial charge in [-0.1, -0.05) is 0 Å². The minimum Gasteiger partial charge on any atom is -0.489 e. The van der Waals surface area contributed by atoms with Crippen LogP contribution < -0.4 is 15.4 Å². The average Bonchev–Trinajstić information content (AvgIpc) is 3.04. The molecule has 0 aliphatic carbocycles. The van der Waals surface area contributed by atoms with Crippen LogP contribution in [0.1, 0.15) is 40.9 Å². The van der Waals surface area contributed by atoms with Crippen LogP contribution in [0.3, 0.4) is 0 Å². The van der Waals surface area contributed by atoms with Crippen molar-refractivity contribution in [3.05, 3.63) is 35.2 Å². The molecule has 0 spiro atoms. The van der Waals surface area contributed by atoms with Crippen LogP contribution in [0.2, 0.25) is 0 Å². The largest absolute Gasteiger partial charge is 0.489 e. The first-order valence-electron chi connectivity index (χ1n) is 9.20. The number of nitrogens with zero attached hydrogens (tertiary/aromatic N) is 3. The van der Waals surface area contributed by atoms with Gasteiger partial charge in [0.1, 0.15) is 36.0 Å². The van der Waals surface area contributed by atoms with Crippen LogP contribution in [0.25, 0.3) is 0 Å². The molecule has 2 atom stereocenters. The Morgan fingerprint density at radius 3 is 2.87 bits per heavy atom. The summed E-state index contributed by atoms with van der Waals surface area (Å²) in [6.07, 6.45) is -4.14. The Morgan fingerprint density at radius 2 is 2.13 bits per heavy atom. The van der Waals surface area contributed by atoms with Crippen molar-refractivity contribution in [1.29, 1.82) is 0 Å². The van der Waals surface area contributed by atoms with Crippen molar-refractivity contribution in [2.24, 2.45) is 0 Å². The van der Waals surface area contributed by atoms with Crippen LogP contribution in [-0.2, 0) is 11.2 Å². The number of nitrogens with one attached hydrogen (secondary N) is 2. The van der Waals surface area contributed by atoms with Gasteiger partial charge in [0.25, 0.3) is 11.8 Å². The van der Waals surface area contributed by atoms with Crippen LogP contribution in [0.4, 0.5) is 23.2 Å². The van der Waals surface area contributed by atoms with E-state index in [9.17, 15) is 27.2 Å². The molecular formula is C18H17F4N5O3. The van der Waals surface area contributed by atoms with Gasteiger partial charge in [-0.15, -0.1) is 5.10 Å². The van der Waals surface area contributed by atoms with E-state index in [0.29, 0.717) is 5.56 Å². The average molecular weight is 427 g/mol. The number of rotatable bonds is 2. The molecule has 2 aromatic rings. The number of hydrogen-bond donors (Lipinski definition) is 2. The van der Waals surface area contributed by atoms with Gasteiger partial charge in [0.2, 0.25) is 5.82 Å². The molecule has 4 rings (SSSR count). The second-order valence-corrected chi connectivity index (χ2v) is 7.19. The van der Waals surface area contributed by atoms with E-state index >= 15 is 0 Å². The third-order valence-electron chi connectivity index (χ3n) is 4.93. The highest BCUT2D eigenvalue weighted by Crippen LogP contribution is 2.37. The Kier molecular flexibility index (Phi) is 4.86. The van der Waals surface area contributed by atoms with Gasteiger partial charge in [-0.25, -0.2) is 14.1 Å². The third kappa shape index (κ3) is 3.68. The van der Waals surface area contributed by atoms with E-state index in [1.54, 1.807) is 6.92 Å². The summed E-state index contributed by atoms with van der Waals surface area (Å²) < 4.78 is 59.9. The molecule has 2 aliphatic heterocycles. The van der Waals surface area contributed by atoms with Gasteiger partial charge in [-0.3, -0.25) is 9.59 Å². The molecule has 2 amide bonds. The number of carbonyl (C=O) groups excluding carboxylic acids is 2. The van der Waals surface area contributed by atoms with E-state index in [1.165, 1.54) is 12.1 Å². The topological polar surface area (TPSA) is 98.1 Å². The zero-order valence-corrected chi connectivity index (χ0v) is 15.7. The molecule has 0 unspecified atom stereocenters. The molecule has 0 saturated heterocycles. The Morgan fingerprint density at radius 1 is 1.37 bits per heavy atom. The normalized spacial score (nSPS) is 21.0. The molecular weight excluding hydrogens is 410 g/mol. The molecule has 0 radical (unpaired) electrons. The number of hydrogen-bond acceptors (Lipinski definition) is 5. The molecule has 160 valence electrons. The van der Waals surface area contributed by atoms with Crippen molar-refractivity contribution in [3.63, 3.8) is 0 Å². The number of halogens is 4. The van der Waals surface area contributed by atoms with Gasteiger partial charge >= 0.3 is 6.18 Å². The molecule has 0 fully saturated rings. The fourth-order valence-corrected chi connectivity index (χ4v) is 3.48. The SMILES string of the molecule is Cc1cc(F)c2c(c1)OC[C@H](NC(=O)c1nc3n(n1)[C@H](C(F)(F)F)CCC3)C(=O)N2. The molecule has 8 nitrogen and oxygen atoms in total. The quantitative estimate of drug-likeness (QED) is 0.717. The number of fused-ring (bicyclic) bond motifs is 2. The maximum absolute atomic E-state index is 14.1. The van der Waals surface area contributed by atoms with Crippen molar-refractivity contribution in [2.45, 2.75) is 44.4 Å². The number of carbonyl (C=O) groups is 2. The Balaban J connectivity index is 1.52. The van der Waals surface area contributed by atoms with Crippen LogP contribution in [0, 0.1) is 12.7 Å². The number of amides is 2. The summed E-state index contributed by atoms with van der Waals surface area (Å²) in [7, 11) is 0. The van der Waals surface area contributed by atoms with E-state index in [-0.39, 0.29) is 43.1 Å². The van der Waals surface area contributed by atoms with E-state index in [1.807, 2.05) is 0 Å². The number of alkyl halides is 3. The second kappa shape index (κ2) is 7.26. The smallest absolute Gasteiger partial charge is 0.410 e. The fourth-order valence-electron chi connectivity index (χ4n) is 3.48. The first-order chi connectivity index (χ1) is 14.1. The molecule has 2 N–H and O–H groups in total. The number of benzene rings is 1. The highest BCUT2D eigenvalue weighted by molar-refractivity contribution is 6.01. The standard InChI is InChI=1S/C18H17F4N5O3/c1-8-5-9(19)14-11(6-8)30-7-10(16(28)25-14)23-17(29)15-24-13-4-2-3-12(18(20,21)22)27(13)26-15/h5-6,10,12H,2-4,7H2,1H3,(H,23,29)(H,25,28)/t10-,12-/m0/s1. The number of anilines is 1. The van der Waals surface area contributed by atoms with E-state index in [2.05, 4.69) is 20.7 Å². The lowest BCUT2D eigenvalue weighted by Gasteiger charge is -2.25. The summed E-state index contributed by atoms with van der Waals surface area (Å²) in [6.45, 7) is 1.35. The van der Waals surface area contributed by atoms with Gasteiger partial charge < -0.3 is 15.4 Å². The van der Waals surface area contributed by atoms with Gasteiger partial charge in [0.15, 0.2) is 5.82 Å². The maximum Gasteiger partial charge on any atom is 0.410 e. The lowest BCUT2D eigenvalue weighted by Crippen LogP contribution is -2.46. The zero-order valence-electron chi connectivity index (χ0n) is 15.7. The predicted molar refractivity (Wildman–Crippen MR) is 94.6 cm³/mol. The first-order valence-corrected chi connectivity index (χ1v) is 9.20. The number of aryl methyl sites for hydroxylation is 2. The van der Waals surface area contributed by atoms with Crippen molar-refractivity contribution < 1.29 is 31.9 Å². The monoisotopic (exact) mass is 427 g/mol. The lowest BCUT2D eigenvalue weighted by atomic mass is 10.1. The van der Waals surface area contributed by atoms with Crippen molar-refractivity contribution >= 4 is 17.5 Å². The Hall–Kier alpha value is -3.18. The highest BCUT2D eigenvalue weighted by atomic mass is 19.4.